The first kappa shape index (κ1) is 61.3. The number of guanidine groups is 1. The van der Waals surface area contributed by atoms with Gasteiger partial charge in [-0.25, -0.2) is 0 Å². The normalized spacial score (nSPS) is 18.0. The van der Waals surface area contributed by atoms with Gasteiger partial charge in [0, 0.05) is 32.5 Å². The van der Waals surface area contributed by atoms with Gasteiger partial charge in [0.1, 0.15) is 60.1 Å². The van der Waals surface area contributed by atoms with Gasteiger partial charge in [0.25, 0.3) is 0 Å². The monoisotopic (exact) mass is 1040 g/mol. The zero-order chi connectivity index (χ0) is 55.2. The number of likely N-dealkylation sites (N-methyl/N-ethyl adjacent to an activating group) is 1. The molecule has 25 nitrogen and oxygen atoms in total. The minimum atomic E-state index is -1.65. The van der Waals surface area contributed by atoms with Crippen molar-refractivity contribution >= 4 is 65.0 Å². The Kier molecular flexibility index (Phi) is 25.0. The van der Waals surface area contributed by atoms with Gasteiger partial charge in [-0.15, -0.1) is 0 Å². The molecule has 9 atom stereocenters. The molecule has 2 aliphatic heterocycles. The van der Waals surface area contributed by atoms with Gasteiger partial charge in [-0.2, -0.15) is 0 Å². The highest BCUT2D eigenvalue weighted by molar-refractivity contribution is 5.99. The molecule has 2 saturated heterocycles. The maximum absolute atomic E-state index is 14.1. The second-order valence-corrected chi connectivity index (χ2v) is 19.5. The number of phenolic OH excluding ortho intramolecular Hbond substituents is 1. The number of phenols is 1. The lowest BCUT2D eigenvalue weighted by Crippen LogP contribution is -2.61. The lowest BCUT2D eigenvalue weighted by Gasteiger charge is -2.30. The summed E-state index contributed by atoms with van der Waals surface area (Å²) in [7, 11) is 0. The van der Waals surface area contributed by atoms with Gasteiger partial charge in [-0.1, -0.05) is 46.8 Å². The molecule has 10 amide bonds. The number of nitrogens with one attached hydrogen (secondary N) is 9. The molecule has 2 aliphatic rings. The Morgan fingerprint density at radius 2 is 1.24 bits per heavy atom. The van der Waals surface area contributed by atoms with Gasteiger partial charge in [0.15, 0.2) is 5.96 Å². The van der Waals surface area contributed by atoms with Crippen molar-refractivity contribution in [3.63, 3.8) is 0 Å². The van der Waals surface area contributed by atoms with Gasteiger partial charge < -0.3 is 74.4 Å². The lowest BCUT2D eigenvalue weighted by atomic mass is 10.0. The summed E-state index contributed by atoms with van der Waals surface area (Å²) in [5.74, 6) is -7.02. The van der Waals surface area contributed by atoms with Crippen molar-refractivity contribution in [1.29, 1.82) is 0 Å². The first-order valence-corrected chi connectivity index (χ1v) is 25.4. The van der Waals surface area contributed by atoms with Crippen LogP contribution in [0.2, 0.25) is 0 Å². The molecule has 2 heterocycles. The Labute approximate surface area is 432 Å². The minimum Gasteiger partial charge on any atom is -0.508 e. The SMILES string of the molecule is CCNC(=O)[C@@H]1CCCN1C(=O)[C@H](CCCN=C(N)N)NC(=O)[C@H](CC(C)C)NC(=O)[C@@H](C)NC(=O)[C@H](Cc1ccc(O)cc1)NC(=O)[C@H](CO)NC(=O)[C@H](CC)NC(=O)[C@H](CC(C)C)NC(=O)[C@@H]1CCC(=O)N1. The Bertz CT molecular complexity index is 2150. The van der Waals surface area contributed by atoms with Crippen molar-refractivity contribution in [2.45, 2.75) is 167 Å². The number of nitrogens with zero attached hydrogens (tertiary/aromatic N) is 2. The molecule has 1 aromatic rings. The van der Waals surface area contributed by atoms with Crippen LogP contribution in [-0.4, -0.2) is 161 Å². The first-order chi connectivity index (χ1) is 35.0. The molecule has 0 unspecified atom stereocenters. The van der Waals surface area contributed by atoms with Crippen LogP contribution >= 0.6 is 0 Å². The molecule has 0 spiro atoms. The van der Waals surface area contributed by atoms with Crippen LogP contribution in [0.4, 0.5) is 0 Å². The maximum atomic E-state index is 14.1. The number of nitrogens with two attached hydrogens (primary N) is 2. The van der Waals surface area contributed by atoms with Crippen LogP contribution in [0.15, 0.2) is 29.3 Å². The standard InChI is InChI=1S/C49H79N13O12/c1-8-31(56-44(70)35(23-27(5)6)59-42(68)32-18-19-39(65)55-32)41(67)61-37(25-63)46(72)60-36(24-29-14-16-30(64)17-15-29)43(69)54-28(7)40(66)58-34(22-26(3)4)45(71)57-33(12-10-20-53-49(50)51)48(74)62-21-11-13-38(62)47(73)52-9-2/h14-17,26-28,31-38,63-64H,8-13,18-25H2,1-7H3,(H,52,73)(H,54,69)(H,55,65)(H,56,70)(H,57,71)(H,58,66)(H,59,68)(H,60,72)(H,61,67)(H4,50,51,53)/t28-,31+,32+,33+,34+,35+,36+,37+,38+/m1/s1. The molecule has 15 N–H and O–H groups in total. The maximum Gasteiger partial charge on any atom is 0.245 e. The molecule has 0 saturated carbocycles. The number of hydrogen-bond donors (Lipinski definition) is 13. The Morgan fingerprint density at radius 3 is 1.80 bits per heavy atom. The van der Waals surface area contributed by atoms with Gasteiger partial charge in [-0.3, -0.25) is 52.9 Å². The van der Waals surface area contributed by atoms with Crippen LogP contribution in [0.25, 0.3) is 0 Å². The van der Waals surface area contributed by atoms with E-state index in [0.29, 0.717) is 31.5 Å². The molecule has 412 valence electrons. The molecule has 0 radical (unpaired) electrons. The van der Waals surface area contributed by atoms with E-state index >= 15 is 0 Å². The molecule has 25 heteroatoms. The highest BCUT2D eigenvalue weighted by Gasteiger charge is 2.39. The van der Waals surface area contributed by atoms with E-state index in [1.165, 1.54) is 36.1 Å². The number of aromatic hydroxyl groups is 1. The Hall–Kier alpha value is -7.05. The summed E-state index contributed by atoms with van der Waals surface area (Å²) >= 11 is 0. The van der Waals surface area contributed by atoms with E-state index in [1.807, 2.05) is 27.7 Å². The van der Waals surface area contributed by atoms with Crippen LogP contribution in [0.1, 0.15) is 112 Å². The highest BCUT2D eigenvalue weighted by Crippen LogP contribution is 2.21. The fourth-order valence-electron chi connectivity index (χ4n) is 8.43. The van der Waals surface area contributed by atoms with Crippen LogP contribution in [0, 0.1) is 11.8 Å². The molecule has 2 fully saturated rings. The van der Waals surface area contributed by atoms with E-state index in [4.69, 9.17) is 11.5 Å². The molecule has 0 aliphatic carbocycles. The van der Waals surface area contributed by atoms with Crippen LogP contribution in [-0.2, 0) is 54.4 Å². The van der Waals surface area contributed by atoms with Crippen molar-refractivity contribution in [1.82, 2.24) is 52.8 Å². The number of rotatable bonds is 29. The van der Waals surface area contributed by atoms with Crippen LogP contribution in [0.3, 0.4) is 0 Å². The van der Waals surface area contributed by atoms with Crippen molar-refractivity contribution < 1.29 is 58.2 Å². The van der Waals surface area contributed by atoms with Crippen molar-refractivity contribution in [3.8, 4) is 5.75 Å². The molecule has 1 aromatic carbocycles. The summed E-state index contributed by atoms with van der Waals surface area (Å²) in [4.78, 5) is 140. The number of amides is 10. The average Bonchev–Trinajstić information content (AvgIpc) is 4.02. The van der Waals surface area contributed by atoms with Crippen molar-refractivity contribution in [2.75, 3.05) is 26.2 Å². The van der Waals surface area contributed by atoms with Gasteiger partial charge in [0.05, 0.1) is 6.61 Å². The molecule has 74 heavy (non-hydrogen) atoms. The predicted octanol–water partition coefficient (Wildman–Crippen LogP) is -2.70. The van der Waals surface area contributed by atoms with Gasteiger partial charge >= 0.3 is 0 Å². The van der Waals surface area contributed by atoms with E-state index < -0.39 is 108 Å². The number of aliphatic imine (C=N–C) groups is 1. The zero-order valence-corrected chi connectivity index (χ0v) is 43.6. The summed E-state index contributed by atoms with van der Waals surface area (Å²) < 4.78 is 0. The number of carbonyl (C=O) groups excluding carboxylic acids is 10. The van der Waals surface area contributed by atoms with Crippen LogP contribution < -0.4 is 59.3 Å². The number of aliphatic hydroxyl groups is 1. The molecular weight excluding hydrogens is 963 g/mol. The summed E-state index contributed by atoms with van der Waals surface area (Å²) in [5.41, 5.74) is 11.4. The number of carbonyl (C=O) groups is 10. The Morgan fingerprint density at radius 1 is 0.703 bits per heavy atom. The minimum absolute atomic E-state index is 0.0293. The average molecular weight is 1040 g/mol. The quantitative estimate of drug-likeness (QED) is 0.0221. The Balaban J connectivity index is 1.77. The highest BCUT2D eigenvalue weighted by atomic mass is 16.3. The summed E-state index contributed by atoms with van der Waals surface area (Å²) in [6.45, 7) is 11.9. The van der Waals surface area contributed by atoms with E-state index in [-0.39, 0.29) is 93.3 Å². The molecule has 0 bridgehead atoms. The van der Waals surface area contributed by atoms with Gasteiger partial charge in [0.2, 0.25) is 59.1 Å². The molecule has 0 aromatic heterocycles. The number of likely N-dealkylation sites (tertiary alicyclic amines) is 1. The van der Waals surface area contributed by atoms with E-state index in [0.717, 1.165) is 0 Å². The number of benzene rings is 1. The van der Waals surface area contributed by atoms with E-state index in [9.17, 15) is 58.2 Å². The first-order valence-electron chi connectivity index (χ1n) is 25.4. The third kappa shape index (κ3) is 19.8. The predicted molar refractivity (Wildman–Crippen MR) is 272 cm³/mol. The fraction of sp³-hybridized carbons (Fsp3) is 0.653. The largest absolute Gasteiger partial charge is 0.508 e. The lowest BCUT2D eigenvalue weighted by molar-refractivity contribution is -0.142. The summed E-state index contributed by atoms with van der Waals surface area (Å²) in [6.07, 6.45) is 1.97. The van der Waals surface area contributed by atoms with Crippen molar-refractivity contribution in [2.24, 2.45) is 28.3 Å². The van der Waals surface area contributed by atoms with E-state index in [1.54, 1.807) is 13.8 Å². The third-order valence-corrected chi connectivity index (χ3v) is 12.4. The smallest absolute Gasteiger partial charge is 0.245 e. The van der Waals surface area contributed by atoms with Crippen molar-refractivity contribution in [3.05, 3.63) is 29.8 Å². The molecular formula is C49H79N13O12. The number of aliphatic hydroxyl groups excluding tert-OH is 1. The summed E-state index contributed by atoms with van der Waals surface area (Å²) in [6, 6.07) is -4.89. The fourth-order valence-corrected chi connectivity index (χ4v) is 8.43. The summed E-state index contributed by atoms with van der Waals surface area (Å²) in [5, 5.41) is 43.7. The number of hydrogen-bond acceptors (Lipinski definition) is 13. The second kappa shape index (κ2) is 30.2. The van der Waals surface area contributed by atoms with E-state index in [2.05, 4.69) is 52.8 Å². The topological polar surface area (TPSA) is 387 Å². The zero-order valence-electron chi connectivity index (χ0n) is 43.6. The second-order valence-electron chi connectivity index (χ2n) is 19.5. The molecule has 3 rings (SSSR count). The van der Waals surface area contributed by atoms with Gasteiger partial charge in [-0.05, 0) is 94.7 Å². The van der Waals surface area contributed by atoms with Crippen LogP contribution in [0.5, 0.6) is 5.75 Å². The third-order valence-electron chi connectivity index (χ3n) is 12.4.